The number of H-pyrrole nitrogens is 1. The highest BCUT2D eigenvalue weighted by atomic mass is 35.5. The number of hydrogen-bond acceptors (Lipinski definition) is 7. The number of hydrogen-bond donors (Lipinski definition) is 2. The van der Waals surface area contributed by atoms with E-state index in [0.717, 1.165) is 17.3 Å². The van der Waals surface area contributed by atoms with Gasteiger partial charge in [-0.2, -0.15) is 18.3 Å². The fraction of sp³-hybridized carbons (Fsp3) is 0.200. The van der Waals surface area contributed by atoms with E-state index in [1.807, 2.05) is 30.2 Å². The zero-order valence-electron chi connectivity index (χ0n) is 19.8. The van der Waals surface area contributed by atoms with Crippen molar-refractivity contribution in [2.24, 2.45) is 0 Å². The molecular weight excluding hydrogens is 507 g/mol. The number of nitrogens with zero attached hydrogens (tertiary/aromatic N) is 5. The van der Waals surface area contributed by atoms with Crippen LogP contribution in [0.1, 0.15) is 5.82 Å². The minimum absolute atomic E-state index is 0.114. The van der Waals surface area contributed by atoms with E-state index in [9.17, 15) is 13.2 Å². The molecule has 37 heavy (non-hydrogen) atoms. The first-order chi connectivity index (χ1) is 17.7. The molecule has 0 aliphatic rings. The molecule has 2 aromatic carbocycles. The molecule has 12 heteroatoms. The molecule has 0 aliphatic heterocycles. The number of pyridine rings is 2. The number of para-hydroxylation sites is 1. The second-order valence-corrected chi connectivity index (χ2v) is 8.91. The third-order valence-corrected chi connectivity index (χ3v) is 5.93. The number of rotatable bonds is 7. The Morgan fingerprint density at radius 2 is 1.89 bits per heavy atom. The average molecular weight is 528 g/mol. The summed E-state index contributed by atoms with van der Waals surface area (Å²) in [5.41, 5.74) is 1.34. The van der Waals surface area contributed by atoms with E-state index >= 15 is 0 Å². The number of halogens is 4. The molecule has 0 spiro atoms. The lowest BCUT2D eigenvalue weighted by Crippen LogP contribution is -2.19. The monoisotopic (exact) mass is 527 g/mol. The molecule has 3 aromatic heterocycles. The number of ether oxygens (including phenoxy) is 1. The van der Waals surface area contributed by atoms with Crippen molar-refractivity contribution in [3.63, 3.8) is 0 Å². The van der Waals surface area contributed by atoms with Gasteiger partial charge >= 0.3 is 6.18 Å². The summed E-state index contributed by atoms with van der Waals surface area (Å²) in [6.07, 6.45) is -1.33. The summed E-state index contributed by atoms with van der Waals surface area (Å²) in [4.78, 5) is 14.7. The lowest BCUT2D eigenvalue weighted by Gasteiger charge is -2.15. The molecule has 0 amide bonds. The van der Waals surface area contributed by atoms with Gasteiger partial charge in [0, 0.05) is 46.7 Å². The highest BCUT2D eigenvalue weighted by molar-refractivity contribution is 6.33. The number of benzene rings is 2. The van der Waals surface area contributed by atoms with E-state index < -0.39 is 12.0 Å². The molecule has 0 aliphatic carbocycles. The third-order valence-electron chi connectivity index (χ3n) is 5.62. The Kier molecular flexibility index (Phi) is 6.57. The second-order valence-electron chi connectivity index (χ2n) is 8.51. The van der Waals surface area contributed by atoms with Crippen LogP contribution in [-0.2, 0) is 6.18 Å². The van der Waals surface area contributed by atoms with Gasteiger partial charge in [0.05, 0.1) is 16.2 Å². The maximum atomic E-state index is 13.1. The molecule has 0 saturated carbocycles. The standard InChI is InChI=1S/C25H21ClF3N7O/c1-36(2)10-11-37-14-6-7-20(19(26)12-14)31-22-16-8-9-30-13-18(16)15-4-3-5-17(21(15)32-22)23-33-24(35-34-23)25(27,28)29/h3-9,12-13H,10-11H2,1-2H3,(H,31,32)(H,33,34,35). The third kappa shape index (κ3) is 5.13. The molecular formula is C25H21ClF3N7O. The molecule has 3 heterocycles. The van der Waals surface area contributed by atoms with Crippen molar-refractivity contribution in [3.8, 4) is 17.1 Å². The normalized spacial score (nSPS) is 12.0. The lowest BCUT2D eigenvalue weighted by atomic mass is 10.0. The van der Waals surface area contributed by atoms with Crippen molar-refractivity contribution < 1.29 is 17.9 Å². The molecule has 0 radical (unpaired) electrons. The summed E-state index contributed by atoms with van der Waals surface area (Å²) in [5, 5.41) is 11.6. The molecule has 0 saturated heterocycles. The molecule has 0 fully saturated rings. The summed E-state index contributed by atoms with van der Waals surface area (Å²) in [7, 11) is 3.92. The van der Waals surface area contributed by atoms with E-state index in [2.05, 4.69) is 20.4 Å². The van der Waals surface area contributed by atoms with Crippen LogP contribution in [0, 0.1) is 0 Å². The van der Waals surface area contributed by atoms with E-state index in [1.54, 1.807) is 48.8 Å². The molecule has 5 rings (SSSR count). The number of aromatic amines is 1. The lowest BCUT2D eigenvalue weighted by molar-refractivity contribution is -0.144. The van der Waals surface area contributed by atoms with Crippen molar-refractivity contribution >= 4 is 44.8 Å². The van der Waals surface area contributed by atoms with Crippen LogP contribution in [0.3, 0.4) is 0 Å². The first kappa shape index (κ1) is 24.7. The van der Waals surface area contributed by atoms with Crippen LogP contribution in [0.5, 0.6) is 5.75 Å². The molecule has 0 atom stereocenters. The predicted molar refractivity (Wildman–Crippen MR) is 136 cm³/mol. The van der Waals surface area contributed by atoms with Gasteiger partial charge in [-0.05, 0) is 38.4 Å². The van der Waals surface area contributed by atoms with Gasteiger partial charge in [0.15, 0.2) is 5.82 Å². The Bertz CT molecular complexity index is 1590. The van der Waals surface area contributed by atoms with Gasteiger partial charge in [0.2, 0.25) is 5.82 Å². The Morgan fingerprint density at radius 1 is 1.05 bits per heavy atom. The van der Waals surface area contributed by atoms with Gasteiger partial charge in [0.25, 0.3) is 0 Å². The summed E-state index contributed by atoms with van der Waals surface area (Å²) in [6, 6.07) is 12.3. The van der Waals surface area contributed by atoms with Crippen LogP contribution in [0.4, 0.5) is 24.7 Å². The van der Waals surface area contributed by atoms with Crippen LogP contribution < -0.4 is 10.1 Å². The van der Waals surface area contributed by atoms with Gasteiger partial charge in [-0.3, -0.25) is 10.1 Å². The van der Waals surface area contributed by atoms with Crippen LogP contribution in [0.25, 0.3) is 33.1 Å². The Morgan fingerprint density at radius 3 is 2.62 bits per heavy atom. The number of anilines is 2. The zero-order chi connectivity index (χ0) is 26.2. The molecule has 2 N–H and O–H groups in total. The van der Waals surface area contributed by atoms with Crippen molar-refractivity contribution in [1.82, 2.24) is 30.0 Å². The van der Waals surface area contributed by atoms with Crippen molar-refractivity contribution in [2.45, 2.75) is 6.18 Å². The van der Waals surface area contributed by atoms with Gasteiger partial charge in [0.1, 0.15) is 18.2 Å². The van der Waals surface area contributed by atoms with E-state index in [-0.39, 0.29) is 5.82 Å². The van der Waals surface area contributed by atoms with Gasteiger partial charge in [-0.1, -0.05) is 23.7 Å². The number of nitrogens with one attached hydrogen (secondary N) is 2. The highest BCUT2D eigenvalue weighted by Crippen LogP contribution is 2.37. The maximum absolute atomic E-state index is 13.1. The second kappa shape index (κ2) is 9.83. The fourth-order valence-electron chi connectivity index (χ4n) is 3.81. The summed E-state index contributed by atoms with van der Waals surface area (Å²) >= 11 is 6.54. The molecule has 0 bridgehead atoms. The Hall–Kier alpha value is -3.96. The highest BCUT2D eigenvalue weighted by Gasteiger charge is 2.35. The van der Waals surface area contributed by atoms with Crippen molar-refractivity contribution in [2.75, 3.05) is 32.6 Å². The maximum Gasteiger partial charge on any atom is 0.451 e. The number of aromatic nitrogens is 5. The first-order valence-corrected chi connectivity index (χ1v) is 11.6. The van der Waals surface area contributed by atoms with Crippen molar-refractivity contribution in [3.05, 3.63) is 65.7 Å². The number of fused-ring (bicyclic) bond motifs is 3. The predicted octanol–water partition coefficient (Wildman–Crippen LogP) is 5.92. The molecule has 8 nitrogen and oxygen atoms in total. The average Bonchev–Trinajstić information content (AvgIpc) is 3.36. The van der Waals surface area contributed by atoms with Crippen LogP contribution in [0.15, 0.2) is 54.9 Å². The number of alkyl halides is 3. The summed E-state index contributed by atoms with van der Waals surface area (Å²) < 4.78 is 45.1. The van der Waals surface area contributed by atoms with Crippen LogP contribution >= 0.6 is 11.6 Å². The minimum atomic E-state index is -4.65. The molecule has 0 unspecified atom stereocenters. The quantitative estimate of drug-likeness (QED) is 0.254. The first-order valence-electron chi connectivity index (χ1n) is 11.2. The van der Waals surface area contributed by atoms with Crippen LogP contribution in [-0.4, -0.2) is 57.3 Å². The zero-order valence-corrected chi connectivity index (χ0v) is 20.5. The topological polar surface area (TPSA) is 91.8 Å². The van der Waals surface area contributed by atoms with Gasteiger partial charge in [-0.25, -0.2) is 9.97 Å². The smallest absolute Gasteiger partial charge is 0.451 e. The molecule has 190 valence electrons. The van der Waals surface area contributed by atoms with Crippen LogP contribution in [0.2, 0.25) is 5.02 Å². The van der Waals surface area contributed by atoms with E-state index in [4.69, 9.17) is 21.3 Å². The van der Waals surface area contributed by atoms with Gasteiger partial charge in [-0.15, -0.1) is 0 Å². The largest absolute Gasteiger partial charge is 0.492 e. The number of likely N-dealkylation sites (N-methyl/N-ethyl adjacent to an activating group) is 1. The Labute approximate surface area is 214 Å². The van der Waals surface area contributed by atoms with E-state index in [0.29, 0.717) is 45.4 Å². The fourth-order valence-corrected chi connectivity index (χ4v) is 4.03. The summed E-state index contributed by atoms with van der Waals surface area (Å²) in [6.45, 7) is 1.27. The Balaban J connectivity index is 1.57. The summed E-state index contributed by atoms with van der Waals surface area (Å²) in [5.74, 6) is -0.214. The van der Waals surface area contributed by atoms with Gasteiger partial charge < -0.3 is 15.0 Å². The minimum Gasteiger partial charge on any atom is -0.492 e. The SMILES string of the molecule is CN(C)CCOc1ccc(Nc2nc3c(-c4n[nH]c(C(F)(F)F)n4)cccc3c3cnccc23)c(Cl)c1. The van der Waals surface area contributed by atoms with E-state index in [1.165, 1.54) is 0 Å². The molecule has 5 aromatic rings. The van der Waals surface area contributed by atoms with Crippen molar-refractivity contribution in [1.29, 1.82) is 0 Å².